The van der Waals surface area contributed by atoms with Crippen LogP contribution in [-0.4, -0.2) is 18.7 Å². The first-order chi connectivity index (χ1) is 9.60. The van der Waals surface area contributed by atoms with Crippen molar-refractivity contribution in [2.45, 2.75) is 32.6 Å². The van der Waals surface area contributed by atoms with Crippen molar-refractivity contribution < 1.29 is 9.53 Å². The summed E-state index contributed by atoms with van der Waals surface area (Å²) in [5.41, 5.74) is 4.36. The van der Waals surface area contributed by atoms with Gasteiger partial charge in [-0.05, 0) is 72.4 Å². The number of halogens is 1. The van der Waals surface area contributed by atoms with Crippen LogP contribution in [0.1, 0.15) is 43.0 Å². The van der Waals surface area contributed by atoms with E-state index in [0.717, 1.165) is 34.3 Å². The van der Waals surface area contributed by atoms with Crippen LogP contribution in [-0.2, 0) is 0 Å². The highest BCUT2D eigenvalue weighted by atomic mass is 127. The Morgan fingerprint density at radius 1 is 1.50 bits per heavy atom. The summed E-state index contributed by atoms with van der Waals surface area (Å²) < 4.78 is 6.09. The average Bonchev–Trinajstić information content (AvgIpc) is 2.44. The molecule has 4 nitrogen and oxygen atoms in total. The number of carbonyl (C=O) groups excluding carboxylic acids is 1. The number of benzene rings is 1. The zero-order valence-corrected chi connectivity index (χ0v) is 13.9. The van der Waals surface area contributed by atoms with Crippen molar-refractivity contribution in [3.05, 3.63) is 27.3 Å². The fourth-order valence-corrected chi connectivity index (χ4v) is 3.10. The lowest BCUT2D eigenvalue weighted by Gasteiger charge is -2.18. The average molecular weight is 386 g/mol. The molecule has 0 bridgehead atoms. The van der Waals surface area contributed by atoms with Gasteiger partial charge in [0.15, 0.2) is 0 Å². The molecule has 5 heteroatoms. The van der Waals surface area contributed by atoms with E-state index in [1.807, 2.05) is 0 Å². The topological polar surface area (TPSA) is 50.7 Å². The van der Waals surface area contributed by atoms with E-state index in [1.165, 1.54) is 6.42 Å². The Kier molecular flexibility index (Phi) is 5.39. The first-order valence-electron chi connectivity index (χ1n) is 6.79. The number of amides is 1. The number of nitrogens with one attached hydrogen (secondary N) is 1. The standard InChI is InChI=1S/C15H19IN2O2/c1-10-4-3-5-12(8-10)17-18-15(19)11-6-7-14(20-2)13(16)9-11/h6-7,9-10H,3-5,8H2,1-2H3,(H,18,19)/t10-/m0/s1. The molecular weight excluding hydrogens is 367 g/mol. The fourth-order valence-electron chi connectivity index (χ4n) is 2.36. The van der Waals surface area contributed by atoms with Crippen molar-refractivity contribution in [1.82, 2.24) is 5.43 Å². The van der Waals surface area contributed by atoms with Crippen LogP contribution < -0.4 is 10.2 Å². The Hall–Kier alpha value is -1.11. The summed E-state index contributed by atoms with van der Waals surface area (Å²) >= 11 is 2.15. The van der Waals surface area contributed by atoms with Crippen LogP contribution in [0.4, 0.5) is 0 Å². The van der Waals surface area contributed by atoms with Crippen LogP contribution in [0, 0.1) is 9.49 Å². The minimum absolute atomic E-state index is 0.170. The largest absolute Gasteiger partial charge is 0.496 e. The molecule has 0 aromatic heterocycles. The van der Waals surface area contributed by atoms with E-state index in [0.29, 0.717) is 11.5 Å². The molecule has 1 aromatic carbocycles. The summed E-state index contributed by atoms with van der Waals surface area (Å²) in [5.74, 6) is 1.27. The summed E-state index contributed by atoms with van der Waals surface area (Å²) in [6.45, 7) is 2.22. The van der Waals surface area contributed by atoms with Gasteiger partial charge in [0.25, 0.3) is 5.91 Å². The van der Waals surface area contributed by atoms with Crippen molar-refractivity contribution in [2.24, 2.45) is 11.0 Å². The van der Waals surface area contributed by atoms with Gasteiger partial charge in [0, 0.05) is 11.3 Å². The molecule has 0 heterocycles. The van der Waals surface area contributed by atoms with Gasteiger partial charge in [-0.15, -0.1) is 0 Å². The molecule has 108 valence electrons. The molecule has 1 fully saturated rings. The molecule has 0 spiro atoms. The van der Waals surface area contributed by atoms with E-state index in [1.54, 1.807) is 25.3 Å². The molecule has 1 N–H and O–H groups in total. The molecule has 20 heavy (non-hydrogen) atoms. The Bertz CT molecular complexity index is 529. The smallest absolute Gasteiger partial charge is 0.271 e. The molecule has 0 aliphatic heterocycles. The quantitative estimate of drug-likeness (QED) is 0.638. The molecular formula is C15H19IN2O2. The van der Waals surface area contributed by atoms with Crippen LogP contribution in [0.5, 0.6) is 5.75 Å². The summed E-state index contributed by atoms with van der Waals surface area (Å²) in [6.07, 6.45) is 4.39. The maximum atomic E-state index is 12.1. The third-order valence-electron chi connectivity index (χ3n) is 3.48. The maximum Gasteiger partial charge on any atom is 0.271 e. The molecule has 0 unspecified atom stereocenters. The lowest BCUT2D eigenvalue weighted by Crippen LogP contribution is -2.22. The predicted molar refractivity (Wildman–Crippen MR) is 88.2 cm³/mol. The molecule has 2 rings (SSSR count). The van der Waals surface area contributed by atoms with E-state index in [-0.39, 0.29) is 5.91 Å². The van der Waals surface area contributed by atoms with Gasteiger partial charge < -0.3 is 4.74 Å². The van der Waals surface area contributed by atoms with Gasteiger partial charge in [-0.1, -0.05) is 6.92 Å². The highest BCUT2D eigenvalue weighted by Gasteiger charge is 2.14. The Labute approximate surface area is 133 Å². The van der Waals surface area contributed by atoms with Gasteiger partial charge in [-0.25, -0.2) is 5.43 Å². The SMILES string of the molecule is COc1ccc(C(=O)NN=C2CCC[C@H](C)C2)cc1I. The van der Waals surface area contributed by atoms with E-state index >= 15 is 0 Å². The van der Waals surface area contributed by atoms with Crippen LogP contribution in [0.15, 0.2) is 23.3 Å². The fraction of sp³-hybridized carbons (Fsp3) is 0.467. The second kappa shape index (κ2) is 7.06. The van der Waals surface area contributed by atoms with Crippen LogP contribution in [0.25, 0.3) is 0 Å². The molecule has 1 atom stereocenters. The zero-order chi connectivity index (χ0) is 14.5. The van der Waals surface area contributed by atoms with Gasteiger partial charge in [-0.2, -0.15) is 5.10 Å². The highest BCUT2D eigenvalue weighted by molar-refractivity contribution is 14.1. The molecule has 1 aliphatic rings. The third-order valence-corrected chi connectivity index (χ3v) is 4.32. The van der Waals surface area contributed by atoms with E-state index in [4.69, 9.17) is 4.74 Å². The first kappa shape index (κ1) is 15.3. The molecule has 1 amide bonds. The van der Waals surface area contributed by atoms with Gasteiger partial charge in [0.05, 0.1) is 10.7 Å². The first-order valence-corrected chi connectivity index (χ1v) is 7.87. The van der Waals surface area contributed by atoms with E-state index < -0.39 is 0 Å². The molecule has 1 saturated carbocycles. The van der Waals surface area contributed by atoms with Gasteiger partial charge in [0.1, 0.15) is 5.75 Å². The van der Waals surface area contributed by atoms with Crippen molar-refractivity contribution in [3.8, 4) is 5.75 Å². The summed E-state index contributed by atoms with van der Waals surface area (Å²) in [7, 11) is 1.62. The van der Waals surface area contributed by atoms with Crippen molar-refractivity contribution >= 4 is 34.2 Å². The lowest BCUT2D eigenvalue weighted by atomic mass is 9.89. The Morgan fingerprint density at radius 3 is 2.95 bits per heavy atom. The number of methoxy groups -OCH3 is 1. The molecule has 1 aliphatic carbocycles. The van der Waals surface area contributed by atoms with Crippen molar-refractivity contribution in [2.75, 3.05) is 7.11 Å². The van der Waals surface area contributed by atoms with Crippen LogP contribution >= 0.6 is 22.6 Å². The van der Waals surface area contributed by atoms with Gasteiger partial charge in [-0.3, -0.25) is 4.79 Å². The van der Waals surface area contributed by atoms with Crippen LogP contribution in [0.2, 0.25) is 0 Å². The monoisotopic (exact) mass is 386 g/mol. The molecule has 0 saturated heterocycles. The maximum absolute atomic E-state index is 12.1. The Balaban J connectivity index is 2.01. The normalized spacial score (nSPS) is 20.8. The number of carbonyl (C=O) groups is 1. The number of hydrogen-bond donors (Lipinski definition) is 1. The summed E-state index contributed by atoms with van der Waals surface area (Å²) in [5, 5.41) is 4.27. The van der Waals surface area contributed by atoms with Crippen molar-refractivity contribution in [3.63, 3.8) is 0 Å². The summed E-state index contributed by atoms with van der Waals surface area (Å²) in [4.78, 5) is 12.1. The van der Waals surface area contributed by atoms with Crippen molar-refractivity contribution in [1.29, 1.82) is 0 Å². The molecule has 1 aromatic rings. The minimum atomic E-state index is -0.170. The third kappa shape index (κ3) is 3.94. The molecule has 0 radical (unpaired) electrons. The van der Waals surface area contributed by atoms with Crippen LogP contribution in [0.3, 0.4) is 0 Å². The second-order valence-corrected chi connectivity index (χ2v) is 6.33. The van der Waals surface area contributed by atoms with E-state index in [9.17, 15) is 4.79 Å². The highest BCUT2D eigenvalue weighted by Crippen LogP contribution is 2.22. The van der Waals surface area contributed by atoms with Gasteiger partial charge in [0.2, 0.25) is 0 Å². The minimum Gasteiger partial charge on any atom is -0.496 e. The second-order valence-electron chi connectivity index (χ2n) is 5.17. The number of nitrogens with zero attached hydrogens (tertiary/aromatic N) is 1. The number of hydrogen-bond acceptors (Lipinski definition) is 3. The number of hydrazone groups is 1. The lowest BCUT2D eigenvalue weighted by molar-refractivity contribution is 0.0954. The number of rotatable bonds is 3. The Morgan fingerprint density at radius 2 is 2.30 bits per heavy atom. The zero-order valence-electron chi connectivity index (χ0n) is 11.8. The number of ether oxygens (including phenoxy) is 1. The van der Waals surface area contributed by atoms with Gasteiger partial charge >= 0.3 is 0 Å². The summed E-state index contributed by atoms with van der Waals surface area (Å²) in [6, 6.07) is 5.35. The predicted octanol–water partition coefficient (Wildman–Crippen LogP) is 3.60. The van der Waals surface area contributed by atoms with E-state index in [2.05, 4.69) is 40.0 Å².